The van der Waals surface area contributed by atoms with Gasteiger partial charge in [0.25, 0.3) is 11.8 Å². The van der Waals surface area contributed by atoms with Crippen molar-refractivity contribution < 1.29 is 28.6 Å². The topological polar surface area (TPSA) is 94.2 Å². The molecule has 0 radical (unpaired) electrons. The van der Waals surface area contributed by atoms with E-state index in [0.29, 0.717) is 46.1 Å². The Morgan fingerprint density at radius 1 is 0.791 bits per heavy atom. The van der Waals surface area contributed by atoms with Gasteiger partial charge in [-0.15, -0.1) is 0 Å². The number of amides is 4. The molecule has 1 aliphatic rings. The molecule has 4 aromatic carbocycles. The minimum atomic E-state index is -0.849. The molecular formula is C33H26Cl2N2O6. The Hall–Kier alpha value is -4.79. The van der Waals surface area contributed by atoms with Gasteiger partial charge < -0.3 is 14.2 Å². The molecule has 0 aromatic heterocycles. The summed E-state index contributed by atoms with van der Waals surface area (Å²) in [5, 5.41) is 3.46. The van der Waals surface area contributed by atoms with E-state index in [2.05, 4.69) is 5.32 Å². The Kier molecular flexibility index (Phi) is 9.29. The molecule has 1 N–H and O–H groups in total. The summed E-state index contributed by atoms with van der Waals surface area (Å²) >= 11 is 12.1. The summed E-state index contributed by atoms with van der Waals surface area (Å²) in [7, 11) is 0. The minimum Gasteiger partial charge on any atom is -0.490 e. The number of urea groups is 1. The van der Waals surface area contributed by atoms with Gasteiger partial charge in [-0.2, -0.15) is 0 Å². The standard InChI is InChI=1S/C33H26Cl2N2O6/c1-2-41-30-18-22(9-16-29(30)43-19-21-7-10-24(34)11-8-21)17-27-31(38)36-33(40)37(32(27)39)25-12-14-26(15-13-25)42-20-23-5-3-4-6-28(23)35/h3-18H,2,19-20H2,1H3,(H,36,38,40)/b27-17+. The number of barbiturate groups is 1. The van der Waals surface area contributed by atoms with Crippen LogP contribution in [0.25, 0.3) is 6.08 Å². The molecule has 0 spiro atoms. The number of anilines is 1. The number of benzene rings is 4. The van der Waals surface area contributed by atoms with Gasteiger partial charge in [-0.05, 0) is 78.7 Å². The molecule has 0 atom stereocenters. The van der Waals surface area contributed by atoms with E-state index in [4.69, 9.17) is 37.4 Å². The van der Waals surface area contributed by atoms with Crippen molar-refractivity contribution in [3.8, 4) is 17.2 Å². The molecule has 5 rings (SSSR count). The van der Waals surface area contributed by atoms with Crippen LogP contribution in [0.1, 0.15) is 23.6 Å². The van der Waals surface area contributed by atoms with E-state index < -0.39 is 17.8 Å². The average molecular weight is 617 g/mol. The number of halogens is 2. The van der Waals surface area contributed by atoms with Crippen LogP contribution in [0.3, 0.4) is 0 Å². The first-order valence-corrected chi connectivity index (χ1v) is 14.1. The summed E-state index contributed by atoms with van der Waals surface area (Å²) in [6.45, 7) is 2.75. The monoisotopic (exact) mass is 616 g/mol. The van der Waals surface area contributed by atoms with Gasteiger partial charge in [0.05, 0.1) is 12.3 Å². The molecule has 1 heterocycles. The number of carbonyl (C=O) groups is 3. The molecule has 10 heteroatoms. The summed E-state index contributed by atoms with van der Waals surface area (Å²) in [5.41, 5.74) is 2.31. The van der Waals surface area contributed by atoms with Gasteiger partial charge >= 0.3 is 6.03 Å². The molecule has 0 bridgehead atoms. The van der Waals surface area contributed by atoms with Crippen molar-refractivity contribution in [1.82, 2.24) is 5.32 Å². The smallest absolute Gasteiger partial charge is 0.335 e. The number of nitrogens with one attached hydrogen (secondary N) is 1. The zero-order chi connectivity index (χ0) is 30.3. The van der Waals surface area contributed by atoms with Crippen LogP contribution in [0.2, 0.25) is 10.0 Å². The first-order valence-electron chi connectivity index (χ1n) is 13.3. The fourth-order valence-electron chi connectivity index (χ4n) is 4.27. The zero-order valence-electron chi connectivity index (χ0n) is 23.0. The van der Waals surface area contributed by atoms with Crippen molar-refractivity contribution in [2.24, 2.45) is 0 Å². The van der Waals surface area contributed by atoms with Gasteiger partial charge in [-0.3, -0.25) is 14.9 Å². The van der Waals surface area contributed by atoms with E-state index in [-0.39, 0.29) is 17.9 Å². The molecule has 0 unspecified atom stereocenters. The first kappa shape index (κ1) is 29.7. The lowest BCUT2D eigenvalue weighted by molar-refractivity contribution is -0.122. The van der Waals surface area contributed by atoms with Crippen molar-refractivity contribution in [1.29, 1.82) is 0 Å². The van der Waals surface area contributed by atoms with Crippen LogP contribution < -0.4 is 24.4 Å². The Morgan fingerprint density at radius 2 is 1.53 bits per heavy atom. The quantitative estimate of drug-likeness (QED) is 0.149. The van der Waals surface area contributed by atoms with Crippen molar-refractivity contribution in [2.75, 3.05) is 11.5 Å². The molecule has 4 aromatic rings. The number of carbonyl (C=O) groups excluding carboxylic acids is 3. The van der Waals surface area contributed by atoms with Crippen LogP contribution in [-0.2, 0) is 22.8 Å². The highest BCUT2D eigenvalue weighted by molar-refractivity contribution is 6.39. The van der Waals surface area contributed by atoms with Crippen molar-refractivity contribution >= 4 is 52.8 Å². The molecule has 1 saturated heterocycles. The molecule has 218 valence electrons. The zero-order valence-corrected chi connectivity index (χ0v) is 24.5. The second-order valence-corrected chi connectivity index (χ2v) is 10.2. The lowest BCUT2D eigenvalue weighted by atomic mass is 10.1. The number of nitrogens with zero attached hydrogens (tertiary/aromatic N) is 1. The highest BCUT2D eigenvalue weighted by Crippen LogP contribution is 2.31. The fraction of sp³-hybridized carbons (Fsp3) is 0.121. The lowest BCUT2D eigenvalue weighted by Gasteiger charge is -2.26. The van der Waals surface area contributed by atoms with E-state index in [0.717, 1.165) is 16.0 Å². The van der Waals surface area contributed by atoms with E-state index in [1.54, 1.807) is 60.7 Å². The third-order valence-electron chi connectivity index (χ3n) is 6.43. The number of ether oxygens (including phenoxy) is 3. The third kappa shape index (κ3) is 7.17. The number of hydrogen-bond donors (Lipinski definition) is 1. The Bertz CT molecular complexity index is 1690. The molecule has 0 aliphatic carbocycles. The second kappa shape index (κ2) is 13.5. The van der Waals surface area contributed by atoms with E-state index in [1.807, 2.05) is 37.3 Å². The normalized spacial score (nSPS) is 14.1. The highest BCUT2D eigenvalue weighted by Gasteiger charge is 2.36. The highest BCUT2D eigenvalue weighted by atomic mass is 35.5. The lowest BCUT2D eigenvalue weighted by Crippen LogP contribution is -2.54. The molecule has 1 fully saturated rings. The largest absolute Gasteiger partial charge is 0.490 e. The van der Waals surface area contributed by atoms with Crippen molar-refractivity contribution in [3.05, 3.63) is 123 Å². The molecule has 0 saturated carbocycles. The van der Waals surface area contributed by atoms with Crippen LogP contribution in [0, 0.1) is 0 Å². The first-order chi connectivity index (χ1) is 20.8. The maximum atomic E-state index is 13.4. The fourth-order valence-corrected chi connectivity index (χ4v) is 4.59. The van der Waals surface area contributed by atoms with Gasteiger partial charge in [-0.1, -0.05) is 59.6 Å². The number of rotatable bonds is 10. The number of imide groups is 2. The summed E-state index contributed by atoms with van der Waals surface area (Å²) in [6.07, 6.45) is 1.41. The minimum absolute atomic E-state index is 0.212. The molecule has 43 heavy (non-hydrogen) atoms. The van der Waals surface area contributed by atoms with Gasteiger partial charge in [0.1, 0.15) is 24.5 Å². The summed E-state index contributed by atoms with van der Waals surface area (Å²) in [5.74, 6) is -0.115. The predicted octanol–water partition coefficient (Wildman–Crippen LogP) is 7.22. The summed E-state index contributed by atoms with van der Waals surface area (Å²) in [6, 6.07) is 25.2. The molecule has 8 nitrogen and oxygen atoms in total. The van der Waals surface area contributed by atoms with Gasteiger partial charge in [0, 0.05) is 15.6 Å². The van der Waals surface area contributed by atoms with Crippen LogP contribution in [0.4, 0.5) is 10.5 Å². The van der Waals surface area contributed by atoms with Crippen molar-refractivity contribution in [3.63, 3.8) is 0 Å². The second-order valence-electron chi connectivity index (χ2n) is 9.39. The van der Waals surface area contributed by atoms with Gasteiger partial charge in [0.15, 0.2) is 11.5 Å². The Morgan fingerprint density at radius 3 is 2.26 bits per heavy atom. The Labute approximate surface area is 258 Å². The van der Waals surface area contributed by atoms with Crippen LogP contribution >= 0.6 is 23.2 Å². The van der Waals surface area contributed by atoms with Crippen molar-refractivity contribution in [2.45, 2.75) is 20.1 Å². The predicted molar refractivity (Wildman–Crippen MR) is 165 cm³/mol. The van der Waals surface area contributed by atoms with E-state index in [1.165, 1.54) is 6.08 Å². The average Bonchev–Trinajstić information content (AvgIpc) is 3.00. The van der Waals surface area contributed by atoms with Gasteiger partial charge in [-0.25, -0.2) is 9.69 Å². The van der Waals surface area contributed by atoms with E-state index in [9.17, 15) is 14.4 Å². The molecule has 1 aliphatic heterocycles. The molecular weight excluding hydrogens is 591 g/mol. The SMILES string of the molecule is CCOc1cc(/C=C2\C(=O)NC(=O)N(c3ccc(OCc4ccccc4Cl)cc3)C2=O)ccc1OCc1ccc(Cl)cc1. The molecule has 4 amide bonds. The van der Waals surface area contributed by atoms with E-state index >= 15 is 0 Å². The number of hydrogen-bond acceptors (Lipinski definition) is 6. The summed E-state index contributed by atoms with van der Waals surface area (Å²) in [4.78, 5) is 39.7. The van der Waals surface area contributed by atoms with Crippen LogP contribution in [0.5, 0.6) is 17.2 Å². The Balaban J connectivity index is 1.32. The third-order valence-corrected chi connectivity index (χ3v) is 7.06. The summed E-state index contributed by atoms with van der Waals surface area (Å²) < 4.78 is 17.5. The maximum absolute atomic E-state index is 13.4. The van der Waals surface area contributed by atoms with Crippen LogP contribution in [-0.4, -0.2) is 24.5 Å². The van der Waals surface area contributed by atoms with Gasteiger partial charge in [0.2, 0.25) is 0 Å². The maximum Gasteiger partial charge on any atom is 0.335 e. The van der Waals surface area contributed by atoms with Crippen LogP contribution in [0.15, 0.2) is 96.6 Å².